The second-order valence-corrected chi connectivity index (χ2v) is 10.3. The van der Waals surface area contributed by atoms with Gasteiger partial charge in [-0.25, -0.2) is 0 Å². The molecule has 0 aromatic heterocycles. The summed E-state index contributed by atoms with van der Waals surface area (Å²) < 4.78 is 0. The third-order valence-corrected chi connectivity index (χ3v) is 7.65. The first kappa shape index (κ1) is 27.4. The first-order valence-corrected chi connectivity index (χ1v) is 13.6. The minimum absolute atomic E-state index is 0.149. The Bertz CT molecular complexity index is 1740. The van der Waals surface area contributed by atoms with Crippen molar-refractivity contribution in [3.8, 4) is 0 Å². The number of carbonyl (C=O) groups excluding carboxylic acids is 6. The highest BCUT2D eigenvalue weighted by atomic mass is 16.2. The number of anilines is 2. The average Bonchev–Trinajstić information content (AvgIpc) is 3.00. The van der Waals surface area contributed by atoms with Gasteiger partial charge in [0.1, 0.15) is 13.1 Å². The van der Waals surface area contributed by atoms with Gasteiger partial charge in [0.15, 0.2) is 0 Å². The number of nitrogens with two attached hydrogens (primary N) is 2. The molecule has 0 bridgehead atoms. The van der Waals surface area contributed by atoms with Gasteiger partial charge in [0, 0.05) is 68.3 Å². The predicted octanol–water partition coefficient (Wildman–Crippen LogP) is 1.67. The Morgan fingerprint density at radius 2 is 0.930 bits per heavy atom. The number of nitrogens with zero attached hydrogens (tertiary/aromatic N) is 2. The van der Waals surface area contributed by atoms with Crippen molar-refractivity contribution in [3.63, 3.8) is 0 Å². The molecule has 0 aliphatic carbocycles. The fourth-order valence-electron chi connectivity index (χ4n) is 5.57. The molecule has 43 heavy (non-hydrogen) atoms. The van der Waals surface area contributed by atoms with Crippen LogP contribution in [0.15, 0.2) is 60.7 Å². The van der Waals surface area contributed by atoms with Gasteiger partial charge in [0.2, 0.25) is 11.8 Å². The molecule has 0 radical (unpaired) electrons. The van der Waals surface area contributed by atoms with Crippen molar-refractivity contribution in [3.05, 3.63) is 82.9 Å². The molecule has 6 amide bonds. The van der Waals surface area contributed by atoms with Crippen LogP contribution in [-0.2, 0) is 9.59 Å². The highest BCUT2D eigenvalue weighted by Gasteiger charge is 2.35. The number of nitrogen functional groups attached to an aromatic ring is 2. The highest BCUT2D eigenvalue weighted by Crippen LogP contribution is 2.34. The molecule has 0 fully saturated rings. The van der Waals surface area contributed by atoms with Gasteiger partial charge in [0.25, 0.3) is 23.6 Å². The van der Waals surface area contributed by atoms with E-state index in [1.165, 1.54) is 0 Å². The molecule has 2 aliphatic rings. The van der Waals surface area contributed by atoms with Gasteiger partial charge in [-0.1, -0.05) is 24.3 Å². The standard InChI is InChI=1S/C31H26N6O6/c32-22-10-8-20-26-16(22)4-1-6-18(26)28(40)36(30(20)42)14-24(38)34-12-3-13-35-25(39)15-37-29(41)19-7-2-5-17-23(33)11-9-21(27(17)19)31(37)43/h1-2,4-11H,3,12-15,32-33H2,(H,34,38)(H,35,39). The minimum Gasteiger partial charge on any atom is -0.398 e. The Morgan fingerprint density at radius 3 is 1.33 bits per heavy atom. The Morgan fingerprint density at radius 1 is 0.558 bits per heavy atom. The maximum Gasteiger partial charge on any atom is 0.261 e. The maximum absolute atomic E-state index is 13.0. The normalized spacial score (nSPS) is 14.0. The van der Waals surface area contributed by atoms with E-state index in [1.54, 1.807) is 60.7 Å². The van der Waals surface area contributed by atoms with Gasteiger partial charge < -0.3 is 22.1 Å². The van der Waals surface area contributed by atoms with Gasteiger partial charge in [0.05, 0.1) is 0 Å². The summed E-state index contributed by atoms with van der Waals surface area (Å²) in [6.45, 7) is -0.639. The van der Waals surface area contributed by atoms with Gasteiger partial charge in [-0.05, 0) is 42.8 Å². The smallest absolute Gasteiger partial charge is 0.261 e. The molecule has 0 saturated heterocycles. The van der Waals surface area contributed by atoms with Gasteiger partial charge in [-0.3, -0.25) is 38.6 Å². The quantitative estimate of drug-likeness (QED) is 0.138. The second-order valence-electron chi connectivity index (χ2n) is 10.3. The molecule has 0 spiro atoms. The lowest BCUT2D eigenvalue weighted by Gasteiger charge is -2.27. The monoisotopic (exact) mass is 578 g/mol. The first-order chi connectivity index (χ1) is 20.7. The zero-order valence-electron chi connectivity index (χ0n) is 22.8. The van der Waals surface area contributed by atoms with E-state index < -0.39 is 48.5 Å². The Kier molecular flexibility index (Phi) is 6.73. The zero-order chi connectivity index (χ0) is 30.4. The summed E-state index contributed by atoms with van der Waals surface area (Å²) in [5.41, 5.74) is 14.1. The van der Waals surface area contributed by atoms with Crippen LogP contribution in [0.2, 0.25) is 0 Å². The van der Waals surface area contributed by atoms with Crippen molar-refractivity contribution in [1.82, 2.24) is 20.4 Å². The molecular formula is C31H26N6O6. The summed E-state index contributed by atoms with van der Waals surface area (Å²) in [5.74, 6) is -3.42. The van der Waals surface area contributed by atoms with E-state index in [0.717, 1.165) is 9.80 Å². The number of hydrogen-bond acceptors (Lipinski definition) is 8. The fourth-order valence-corrected chi connectivity index (χ4v) is 5.57. The van der Waals surface area contributed by atoms with Crippen molar-refractivity contribution >= 4 is 68.4 Å². The summed E-state index contributed by atoms with van der Waals surface area (Å²) >= 11 is 0. The van der Waals surface area contributed by atoms with Crippen LogP contribution in [-0.4, -0.2) is 71.4 Å². The molecule has 0 atom stereocenters. The Labute approximate surface area is 244 Å². The maximum atomic E-state index is 13.0. The topological polar surface area (TPSA) is 185 Å². The van der Waals surface area contributed by atoms with Crippen molar-refractivity contribution in [2.75, 3.05) is 37.6 Å². The number of imide groups is 2. The summed E-state index contributed by atoms with van der Waals surface area (Å²) in [6.07, 6.45) is 0.324. The van der Waals surface area contributed by atoms with Crippen molar-refractivity contribution in [2.24, 2.45) is 0 Å². The van der Waals surface area contributed by atoms with Crippen LogP contribution in [0.3, 0.4) is 0 Å². The van der Waals surface area contributed by atoms with E-state index in [-0.39, 0.29) is 13.1 Å². The van der Waals surface area contributed by atoms with Crippen LogP contribution in [0.1, 0.15) is 47.9 Å². The zero-order valence-corrected chi connectivity index (χ0v) is 22.8. The van der Waals surface area contributed by atoms with E-state index in [1.807, 2.05) is 0 Å². The van der Waals surface area contributed by atoms with Crippen LogP contribution < -0.4 is 22.1 Å². The number of nitrogens with one attached hydrogen (secondary N) is 2. The molecule has 4 aromatic rings. The molecule has 4 aromatic carbocycles. The van der Waals surface area contributed by atoms with E-state index in [2.05, 4.69) is 10.6 Å². The van der Waals surface area contributed by atoms with Crippen molar-refractivity contribution < 1.29 is 28.8 Å². The average molecular weight is 579 g/mol. The summed E-state index contributed by atoms with van der Waals surface area (Å²) in [6, 6.07) is 16.3. The number of rotatable bonds is 8. The molecule has 216 valence electrons. The molecule has 2 heterocycles. The van der Waals surface area contributed by atoms with E-state index in [0.29, 0.717) is 61.6 Å². The number of benzene rings is 4. The van der Waals surface area contributed by atoms with E-state index in [4.69, 9.17) is 11.5 Å². The molecule has 6 N–H and O–H groups in total. The number of hydrogen-bond donors (Lipinski definition) is 4. The lowest BCUT2D eigenvalue weighted by molar-refractivity contribution is -0.121. The lowest BCUT2D eigenvalue weighted by atomic mass is 9.93. The molecular weight excluding hydrogens is 552 g/mol. The number of carbonyl (C=O) groups is 6. The van der Waals surface area contributed by atoms with Crippen LogP contribution >= 0.6 is 0 Å². The SMILES string of the molecule is Nc1ccc2c3c(cccc13)C(=O)N(CC(=O)NCCCNC(=O)CN1C(=O)c3cccc4c(N)ccc(c34)C1=O)C2=O. The summed E-state index contributed by atoms with van der Waals surface area (Å²) in [7, 11) is 0. The van der Waals surface area contributed by atoms with Crippen LogP contribution in [0.5, 0.6) is 0 Å². The third-order valence-electron chi connectivity index (χ3n) is 7.65. The molecule has 12 nitrogen and oxygen atoms in total. The molecule has 0 saturated carbocycles. The van der Waals surface area contributed by atoms with Crippen LogP contribution in [0.4, 0.5) is 11.4 Å². The van der Waals surface area contributed by atoms with Crippen LogP contribution in [0, 0.1) is 0 Å². The van der Waals surface area contributed by atoms with Gasteiger partial charge >= 0.3 is 0 Å². The molecule has 12 heteroatoms. The van der Waals surface area contributed by atoms with Gasteiger partial charge in [-0.2, -0.15) is 0 Å². The molecule has 0 unspecified atom stereocenters. The van der Waals surface area contributed by atoms with Crippen molar-refractivity contribution in [1.29, 1.82) is 0 Å². The Balaban J connectivity index is 0.999. The van der Waals surface area contributed by atoms with E-state index >= 15 is 0 Å². The largest absolute Gasteiger partial charge is 0.398 e. The third kappa shape index (κ3) is 4.58. The second kappa shape index (κ2) is 10.6. The minimum atomic E-state index is -0.583. The Hall–Kier alpha value is -5.78. The fraction of sp³-hybridized carbons (Fsp3) is 0.161. The number of amides is 6. The molecule has 6 rings (SSSR count). The first-order valence-electron chi connectivity index (χ1n) is 13.6. The summed E-state index contributed by atoms with van der Waals surface area (Å²) in [5, 5.41) is 7.43. The predicted molar refractivity (Wildman–Crippen MR) is 158 cm³/mol. The van der Waals surface area contributed by atoms with E-state index in [9.17, 15) is 28.8 Å². The molecule has 2 aliphatic heterocycles. The van der Waals surface area contributed by atoms with Gasteiger partial charge in [-0.15, -0.1) is 0 Å². The lowest BCUT2D eigenvalue weighted by Crippen LogP contribution is -2.47. The highest BCUT2D eigenvalue weighted by molar-refractivity contribution is 6.28. The summed E-state index contributed by atoms with van der Waals surface area (Å²) in [4.78, 5) is 79.1. The van der Waals surface area contributed by atoms with Crippen LogP contribution in [0.25, 0.3) is 21.5 Å². The van der Waals surface area contributed by atoms with Crippen molar-refractivity contribution in [2.45, 2.75) is 6.42 Å².